The molecule has 1 atom stereocenters. The molecule has 1 saturated heterocycles. The minimum Gasteiger partial charge on any atom is -0.455 e. The highest BCUT2D eigenvalue weighted by atomic mass is 32.2. The number of hydrogen-bond acceptors (Lipinski definition) is 5. The Balaban J connectivity index is 1.48. The van der Waals surface area contributed by atoms with E-state index in [1.807, 2.05) is 72.8 Å². The monoisotopic (exact) mass is 415 g/mol. The van der Waals surface area contributed by atoms with Crippen LogP contribution in [0.1, 0.15) is 11.3 Å². The number of nitrogens with zero attached hydrogens (tertiary/aromatic N) is 3. The molecule has 1 fully saturated rings. The van der Waals surface area contributed by atoms with E-state index >= 15 is 0 Å². The van der Waals surface area contributed by atoms with Crippen molar-refractivity contribution in [2.75, 3.05) is 6.54 Å². The number of thioether (sulfide) groups is 1. The van der Waals surface area contributed by atoms with Gasteiger partial charge in [0.15, 0.2) is 5.17 Å². The molecule has 1 aliphatic heterocycles. The lowest BCUT2D eigenvalue weighted by Crippen LogP contribution is -2.32. The molecule has 1 amide bonds. The lowest BCUT2D eigenvalue weighted by molar-refractivity contribution is -0.125. The third-order valence-electron chi connectivity index (χ3n) is 4.61. The summed E-state index contributed by atoms with van der Waals surface area (Å²) in [7, 11) is 0. The van der Waals surface area contributed by atoms with Crippen molar-refractivity contribution in [2.45, 2.75) is 11.7 Å². The molecule has 0 aliphatic carbocycles. The number of rotatable bonds is 7. The summed E-state index contributed by atoms with van der Waals surface area (Å²) in [6.07, 6.45) is 3.90. The maximum absolute atomic E-state index is 12.8. The summed E-state index contributed by atoms with van der Waals surface area (Å²) in [6.45, 7) is 4.16. The van der Waals surface area contributed by atoms with Crippen molar-refractivity contribution < 1.29 is 9.21 Å². The molecule has 2 aromatic carbocycles. The van der Waals surface area contributed by atoms with Crippen molar-refractivity contribution in [3.63, 3.8) is 0 Å². The second-order valence-electron chi connectivity index (χ2n) is 6.73. The van der Waals surface area contributed by atoms with Crippen LogP contribution in [0.3, 0.4) is 0 Å². The van der Waals surface area contributed by atoms with E-state index in [-0.39, 0.29) is 11.2 Å². The van der Waals surface area contributed by atoms with E-state index in [0.29, 0.717) is 23.9 Å². The molecule has 0 unspecified atom stereocenters. The van der Waals surface area contributed by atoms with Gasteiger partial charge in [0.2, 0.25) is 5.91 Å². The van der Waals surface area contributed by atoms with Crippen molar-refractivity contribution >= 4 is 29.1 Å². The molecule has 1 aliphatic rings. The highest BCUT2D eigenvalue weighted by Crippen LogP contribution is 2.30. The summed E-state index contributed by atoms with van der Waals surface area (Å²) < 4.78 is 5.81. The number of benzene rings is 2. The highest BCUT2D eigenvalue weighted by molar-refractivity contribution is 8.15. The standard InChI is InChI=1S/C24H21N3O2S/c1-2-15-27-23(28)22(16-18-9-5-3-6-10-18)30-24(27)26-25-17-20-13-14-21(29-20)19-11-7-4-8-12-19/h2-14,17,22H,1,15-16H2/b25-17+,26-24+/t22-/m0/s1. The van der Waals surface area contributed by atoms with E-state index in [1.54, 1.807) is 17.2 Å². The maximum Gasteiger partial charge on any atom is 0.242 e. The summed E-state index contributed by atoms with van der Waals surface area (Å²) in [5, 5.41) is 8.81. The summed E-state index contributed by atoms with van der Waals surface area (Å²) in [4.78, 5) is 14.4. The van der Waals surface area contributed by atoms with Crippen LogP contribution in [0.25, 0.3) is 11.3 Å². The number of hydrogen-bond donors (Lipinski definition) is 0. The molecule has 0 bridgehead atoms. The van der Waals surface area contributed by atoms with Gasteiger partial charge < -0.3 is 4.42 Å². The molecule has 0 N–H and O–H groups in total. The zero-order valence-corrected chi connectivity index (χ0v) is 17.2. The van der Waals surface area contributed by atoms with E-state index < -0.39 is 0 Å². The predicted molar refractivity (Wildman–Crippen MR) is 123 cm³/mol. The first-order chi connectivity index (χ1) is 14.7. The normalized spacial score (nSPS) is 17.9. The highest BCUT2D eigenvalue weighted by Gasteiger charge is 2.37. The molecular weight excluding hydrogens is 394 g/mol. The Bertz CT molecular complexity index is 1070. The third-order valence-corrected chi connectivity index (χ3v) is 5.77. The molecule has 2 heterocycles. The van der Waals surface area contributed by atoms with Gasteiger partial charge in [-0.15, -0.1) is 11.7 Å². The lowest BCUT2D eigenvalue weighted by atomic mass is 10.1. The van der Waals surface area contributed by atoms with Crippen LogP contribution in [0.5, 0.6) is 0 Å². The molecule has 6 heteroatoms. The van der Waals surface area contributed by atoms with E-state index in [4.69, 9.17) is 4.42 Å². The summed E-state index contributed by atoms with van der Waals surface area (Å²) in [5.74, 6) is 1.40. The van der Waals surface area contributed by atoms with E-state index in [0.717, 1.165) is 16.9 Å². The van der Waals surface area contributed by atoms with E-state index in [2.05, 4.69) is 16.8 Å². The van der Waals surface area contributed by atoms with Crippen molar-refractivity contribution in [1.29, 1.82) is 0 Å². The lowest BCUT2D eigenvalue weighted by Gasteiger charge is -2.12. The first-order valence-electron chi connectivity index (χ1n) is 9.64. The van der Waals surface area contributed by atoms with Crippen molar-refractivity contribution in [3.8, 4) is 11.3 Å². The molecular formula is C24H21N3O2S. The van der Waals surface area contributed by atoms with Crippen molar-refractivity contribution in [3.05, 3.63) is 96.8 Å². The number of amides is 1. The molecule has 0 saturated carbocycles. The Morgan fingerprint density at radius 2 is 1.77 bits per heavy atom. The van der Waals surface area contributed by atoms with Crippen LogP contribution in [-0.4, -0.2) is 34.0 Å². The van der Waals surface area contributed by atoms with Gasteiger partial charge in [-0.05, 0) is 24.1 Å². The number of carbonyl (C=O) groups is 1. The van der Waals surface area contributed by atoms with Crippen LogP contribution in [0.15, 0.2) is 100 Å². The third kappa shape index (κ3) is 4.60. The quantitative estimate of drug-likeness (QED) is 0.310. The summed E-state index contributed by atoms with van der Waals surface area (Å²) >= 11 is 1.43. The van der Waals surface area contributed by atoms with Crippen molar-refractivity contribution in [1.82, 2.24) is 4.90 Å². The molecule has 0 radical (unpaired) electrons. The summed E-state index contributed by atoms with van der Waals surface area (Å²) in [5.41, 5.74) is 2.12. The molecule has 150 valence electrons. The van der Waals surface area contributed by atoms with Gasteiger partial charge in [0.1, 0.15) is 11.5 Å². The summed E-state index contributed by atoms with van der Waals surface area (Å²) in [6, 6.07) is 23.6. The Morgan fingerprint density at radius 1 is 1.03 bits per heavy atom. The van der Waals surface area contributed by atoms with Crippen molar-refractivity contribution in [2.24, 2.45) is 10.2 Å². The zero-order valence-electron chi connectivity index (χ0n) is 16.3. The molecule has 1 aromatic heterocycles. The minimum absolute atomic E-state index is 0.0297. The van der Waals surface area contributed by atoms with Gasteiger partial charge in [0.25, 0.3) is 0 Å². The number of carbonyl (C=O) groups excluding carboxylic acids is 1. The number of amidine groups is 1. The predicted octanol–water partition coefficient (Wildman–Crippen LogP) is 5.01. The Morgan fingerprint density at radius 3 is 2.50 bits per heavy atom. The SMILES string of the molecule is C=CCN1C(=O)[C@H](Cc2ccccc2)S/C1=N/N=C/c1ccc(-c2ccccc2)o1. The molecule has 4 rings (SSSR count). The maximum atomic E-state index is 12.8. The van der Waals surface area contributed by atoms with Gasteiger partial charge in [-0.2, -0.15) is 5.10 Å². The minimum atomic E-state index is -0.213. The van der Waals surface area contributed by atoms with Gasteiger partial charge >= 0.3 is 0 Å². The average Bonchev–Trinajstić information content (AvgIpc) is 3.36. The molecule has 0 spiro atoms. The second kappa shape index (κ2) is 9.41. The second-order valence-corrected chi connectivity index (χ2v) is 7.90. The fourth-order valence-corrected chi connectivity index (χ4v) is 4.30. The van der Waals surface area contributed by atoms with Gasteiger partial charge in [0, 0.05) is 12.1 Å². The molecule has 30 heavy (non-hydrogen) atoms. The van der Waals surface area contributed by atoms with E-state index in [9.17, 15) is 4.79 Å². The van der Waals surface area contributed by atoms with Crippen LogP contribution in [-0.2, 0) is 11.2 Å². The zero-order chi connectivity index (χ0) is 20.8. The Labute approximate surface area is 179 Å². The van der Waals surface area contributed by atoms with Crippen LogP contribution in [0.2, 0.25) is 0 Å². The topological polar surface area (TPSA) is 58.2 Å². The number of furan rings is 1. The van der Waals surface area contributed by atoms with Crippen LogP contribution < -0.4 is 0 Å². The Kier molecular flexibility index (Phi) is 6.25. The van der Waals surface area contributed by atoms with Crippen LogP contribution in [0.4, 0.5) is 0 Å². The molecule has 5 nitrogen and oxygen atoms in total. The van der Waals surface area contributed by atoms with Crippen LogP contribution >= 0.6 is 11.8 Å². The fraction of sp³-hybridized carbons (Fsp3) is 0.125. The Hall–Kier alpha value is -3.38. The smallest absolute Gasteiger partial charge is 0.242 e. The van der Waals surface area contributed by atoms with Gasteiger partial charge in [-0.3, -0.25) is 9.69 Å². The van der Waals surface area contributed by atoms with Gasteiger partial charge in [-0.1, -0.05) is 78.5 Å². The average molecular weight is 416 g/mol. The van der Waals surface area contributed by atoms with Gasteiger partial charge in [-0.25, -0.2) is 0 Å². The fourth-order valence-electron chi connectivity index (χ4n) is 3.16. The largest absolute Gasteiger partial charge is 0.455 e. The van der Waals surface area contributed by atoms with Gasteiger partial charge in [0.05, 0.1) is 11.5 Å². The first kappa shape index (κ1) is 19.9. The molecule has 3 aromatic rings. The van der Waals surface area contributed by atoms with Crippen LogP contribution in [0, 0.1) is 0 Å². The van der Waals surface area contributed by atoms with E-state index in [1.165, 1.54) is 11.8 Å². The first-order valence-corrected chi connectivity index (χ1v) is 10.5.